The highest BCUT2D eigenvalue weighted by atomic mass is 16.3. The number of nitrogens with one attached hydrogen (secondary N) is 1. The van der Waals surface area contributed by atoms with Crippen molar-refractivity contribution >= 4 is 0 Å². The minimum absolute atomic E-state index is 0.301. The van der Waals surface area contributed by atoms with Crippen LogP contribution in [-0.4, -0.2) is 35.0 Å². The van der Waals surface area contributed by atoms with Crippen molar-refractivity contribution in [1.29, 1.82) is 0 Å². The summed E-state index contributed by atoms with van der Waals surface area (Å²) in [6.45, 7) is 9.06. The lowest BCUT2D eigenvalue weighted by atomic mass is 9.94. The van der Waals surface area contributed by atoms with Crippen molar-refractivity contribution in [3.63, 3.8) is 0 Å². The molecule has 0 bridgehead atoms. The molecule has 0 aromatic heterocycles. The summed E-state index contributed by atoms with van der Waals surface area (Å²) in [6, 6.07) is 0. The first kappa shape index (κ1) is 13.9. The van der Waals surface area contributed by atoms with Gasteiger partial charge in [-0.3, -0.25) is 0 Å². The van der Waals surface area contributed by atoms with E-state index in [4.69, 9.17) is 0 Å². The molecule has 0 radical (unpaired) electrons. The zero-order valence-corrected chi connectivity index (χ0v) is 9.88. The van der Waals surface area contributed by atoms with Crippen LogP contribution in [0.2, 0.25) is 0 Å². The van der Waals surface area contributed by atoms with Crippen LogP contribution in [0.5, 0.6) is 0 Å². The Morgan fingerprint density at radius 2 is 1.93 bits per heavy atom. The molecule has 2 atom stereocenters. The Kier molecular flexibility index (Phi) is 6.33. The molecule has 0 aromatic rings. The van der Waals surface area contributed by atoms with Crippen molar-refractivity contribution in [2.75, 3.05) is 13.1 Å². The van der Waals surface area contributed by atoms with Gasteiger partial charge < -0.3 is 15.5 Å². The van der Waals surface area contributed by atoms with Crippen molar-refractivity contribution in [2.45, 2.75) is 52.2 Å². The molecule has 0 aliphatic carbocycles. The fourth-order valence-corrected chi connectivity index (χ4v) is 1.60. The van der Waals surface area contributed by atoms with Crippen molar-refractivity contribution in [2.24, 2.45) is 5.92 Å². The topological polar surface area (TPSA) is 52.5 Å². The zero-order chi connectivity index (χ0) is 11.2. The lowest BCUT2D eigenvalue weighted by Crippen LogP contribution is -2.41. The maximum atomic E-state index is 9.93. The molecule has 0 rings (SSSR count). The van der Waals surface area contributed by atoms with E-state index >= 15 is 0 Å². The quantitative estimate of drug-likeness (QED) is 0.581. The molecule has 14 heavy (non-hydrogen) atoms. The Morgan fingerprint density at radius 3 is 2.36 bits per heavy atom. The summed E-state index contributed by atoms with van der Waals surface area (Å²) in [5.41, 5.74) is -0.665. The maximum Gasteiger partial charge on any atom is 0.0746 e. The Bertz CT molecular complexity index is 146. The van der Waals surface area contributed by atoms with Crippen LogP contribution in [0.4, 0.5) is 0 Å². The Labute approximate surface area is 87.5 Å². The van der Waals surface area contributed by atoms with Gasteiger partial charge in [0.15, 0.2) is 0 Å². The third-order valence-electron chi connectivity index (χ3n) is 2.21. The van der Waals surface area contributed by atoms with Gasteiger partial charge in [-0.1, -0.05) is 20.8 Å². The minimum atomic E-state index is -0.665. The molecule has 3 heteroatoms. The molecule has 0 aliphatic rings. The number of rotatable bonds is 7. The fraction of sp³-hybridized carbons (Fsp3) is 1.00. The van der Waals surface area contributed by atoms with Gasteiger partial charge in [0.1, 0.15) is 0 Å². The Hall–Kier alpha value is -0.120. The summed E-state index contributed by atoms with van der Waals surface area (Å²) in [6.07, 6.45) is 1.23. The molecular weight excluding hydrogens is 178 g/mol. The summed E-state index contributed by atoms with van der Waals surface area (Å²) in [5, 5.41) is 22.3. The molecule has 0 aliphatic heterocycles. The monoisotopic (exact) mass is 203 g/mol. The van der Waals surface area contributed by atoms with Crippen LogP contribution in [0.15, 0.2) is 0 Å². The Morgan fingerprint density at radius 1 is 1.36 bits per heavy atom. The first-order chi connectivity index (χ1) is 6.37. The number of aliphatic hydroxyl groups excluding tert-OH is 1. The van der Waals surface area contributed by atoms with E-state index in [-0.39, 0.29) is 6.10 Å². The first-order valence-electron chi connectivity index (χ1n) is 5.48. The molecule has 0 heterocycles. The van der Waals surface area contributed by atoms with Crippen LogP contribution in [0, 0.1) is 5.92 Å². The van der Waals surface area contributed by atoms with Gasteiger partial charge in [-0.25, -0.2) is 0 Å². The smallest absolute Gasteiger partial charge is 0.0746 e. The van der Waals surface area contributed by atoms with E-state index in [0.717, 1.165) is 12.8 Å². The summed E-state index contributed by atoms with van der Waals surface area (Å²) < 4.78 is 0. The second-order valence-corrected chi connectivity index (χ2v) is 4.79. The molecule has 3 nitrogen and oxygen atoms in total. The number of hydrogen-bond donors (Lipinski definition) is 3. The maximum absolute atomic E-state index is 9.93. The highest BCUT2D eigenvalue weighted by Crippen LogP contribution is 2.14. The SMILES string of the molecule is CCC(O)CNCC(C)(O)CC(C)C. The largest absolute Gasteiger partial charge is 0.392 e. The average Bonchev–Trinajstić information content (AvgIpc) is 2.01. The van der Waals surface area contributed by atoms with E-state index in [1.807, 2.05) is 13.8 Å². The molecule has 3 N–H and O–H groups in total. The number of hydrogen-bond acceptors (Lipinski definition) is 3. The van der Waals surface area contributed by atoms with Gasteiger partial charge in [0.2, 0.25) is 0 Å². The van der Waals surface area contributed by atoms with Gasteiger partial charge in [-0.15, -0.1) is 0 Å². The van der Waals surface area contributed by atoms with Crippen LogP contribution >= 0.6 is 0 Å². The molecule has 86 valence electrons. The van der Waals surface area contributed by atoms with E-state index in [1.54, 1.807) is 0 Å². The van der Waals surface area contributed by atoms with Crippen LogP contribution in [-0.2, 0) is 0 Å². The summed E-state index contributed by atoms with van der Waals surface area (Å²) >= 11 is 0. The molecule has 0 amide bonds. The summed E-state index contributed by atoms with van der Waals surface area (Å²) in [5.74, 6) is 0.489. The fourth-order valence-electron chi connectivity index (χ4n) is 1.60. The van der Waals surface area contributed by atoms with Crippen LogP contribution < -0.4 is 5.32 Å². The summed E-state index contributed by atoms with van der Waals surface area (Å²) in [7, 11) is 0. The third kappa shape index (κ3) is 7.30. The molecule has 2 unspecified atom stereocenters. The van der Waals surface area contributed by atoms with Crippen molar-refractivity contribution < 1.29 is 10.2 Å². The lowest BCUT2D eigenvalue weighted by Gasteiger charge is -2.26. The molecular formula is C11H25NO2. The molecule has 0 spiro atoms. The lowest BCUT2D eigenvalue weighted by molar-refractivity contribution is 0.0352. The molecule has 0 fully saturated rings. The van der Waals surface area contributed by atoms with Gasteiger partial charge >= 0.3 is 0 Å². The molecule has 0 aromatic carbocycles. The van der Waals surface area contributed by atoms with E-state index in [0.29, 0.717) is 19.0 Å². The second-order valence-electron chi connectivity index (χ2n) is 4.79. The predicted octanol–water partition coefficient (Wildman–Crippen LogP) is 1.14. The van der Waals surface area contributed by atoms with Gasteiger partial charge in [-0.05, 0) is 25.7 Å². The van der Waals surface area contributed by atoms with Gasteiger partial charge in [0.25, 0.3) is 0 Å². The average molecular weight is 203 g/mol. The van der Waals surface area contributed by atoms with E-state index in [2.05, 4.69) is 19.2 Å². The standard InChI is InChI=1S/C11H25NO2/c1-5-10(13)7-12-8-11(4,14)6-9(2)3/h9-10,12-14H,5-8H2,1-4H3. The minimum Gasteiger partial charge on any atom is -0.392 e. The normalized spacial score (nSPS) is 18.2. The van der Waals surface area contributed by atoms with Gasteiger partial charge in [0, 0.05) is 13.1 Å². The highest BCUT2D eigenvalue weighted by Gasteiger charge is 2.21. The second kappa shape index (κ2) is 6.38. The predicted molar refractivity (Wildman–Crippen MR) is 59.2 cm³/mol. The first-order valence-corrected chi connectivity index (χ1v) is 5.48. The van der Waals surface area contributed by atoms with E-state index in [1.165, 1.54) is 0 Å². The van der Waals surface area contributed by atoms with Crippen LogP contribution in [0.3, 0.4) is 0 Å². The summed E-state index contributed by atoms with van der Waals surface area (Å²) in [4.78, 5) is 0. The van der Waals surface area contributed by atoms with E-state index in [9.17, 15) is 10.2 Å². The van der Waals surface area contributed by atoms with Crippen molar-refractivity contribution in [3.05, 3.63) is 0 Å². The van der Waals surface area contributed by atoms with Gasteiger partial charge in [0.05, 0.1) is 11.7 Å². The zero-order valence-electron chi connectivity index (χ0n) is 9.88. The van der Waals surface area contributed by atoms with Gasteiger partial charge in [-0.2, -0.15) is 0 Å². The van der Waals surface area contributed by atoms with Crippen LogP contribution in [0.25, 0.3) is 0 Å². The van der Waals surface area contributed by atoms with Crippen molar-refractivity contribution in [1.82, 2.24) is 5.32 Å². The molecule has 0 saturated carbocycles. The third-order valence-corrected chi connectivity index (χ3v) is 2.21. The Balaban J connectivity index is 3.65. The highest BCUT2D eigenvalue weighted by molar-refractivity contribution is 4.77. The van der Waals surface area contributed by atoms with Crippen LogP contribution in [0.1, 0.15) is 40.5 Å². The van der Waals surface area contributed by atoms with E-state index < -0.39 is 5.60 Å². The number of aliphatic hydroxyl groups is 2. The molecule has 0 saturated heterocycles. The van der Waals surface area contributed by atoms with Crippen molar-refractivity contribution in [3.8, 4) is 0 Å².